The molecule has 8 aromatic carbocycles. The summed E-state index contributed by atoms with van der Waals surface area (Å²) < 4.78 is 2.46. The first-order valence-electron chi connectivity index (χ1n) is 18.5. The molecule has 11 rings (SSSR count). The van der Waals surface area contributed by atoms with Gasteiger partial charge in [-0.1, -0.05) is 147 Å². The van der Waals surface area contributed by atoms with Crippen molar-refractivity contribution in [2.45, 2.75) is 19.3 Å². The van der Waals surface area contributed by atoms with Crippen molar-refractivity contribution >= 4 is 55.2 Å². The van der Waals surface area contributed by atoms with E-state index in [9.17, 15) is 0 Å². The molecule has 0 bridgehead atoms. The minimum absolute atomic E-state index is 0.0848. The van der Waals surface area contributed by atoms with Gasteiger partial charge < -0.3 is 9.30 Å². The lowest BCUT2D eigenvalue weighted by Gasteiger charge is -2.28. The van der Waals surface area contributed by atoms with Crippen molar-refractivity contribution in [3.8, 4) is 33.4 Å². The Morgan fingerprint density at radius 1 is 0.377 bits per heavy atom. The molecule has 1 aliphatic rings. The minimum atomic E-state index is -0.0848. The maximum atomic E-state index is 2.46. The highest BCUT2D eigenvalue weighted by atomic mass is 15.1. The molecule has 250 valence electrons. The van der Waals surface area contributed by atoms with Crippen LogP contribution < -0.4 is 4.90 Å². The molecule has 0 atom stereocenters. The number of hydrogen-bond donors (Lipinski definition) is 0. The highest BCUT2D eigenvalue weighted by molar-refractivity contribution is 6.23. The molecule has 0 saturated heterocycles. The van der Waals surface area contributed by atoms with E-state index in [0.717, 1.165) is 17.1 Å². The zero-order valence-electron chi connectivity index (χ0n) is 29.7. The van der Waals surface area contributed by atoms with Crippen molar-refractivity contribution in [1.82, 2.24) is 4.40 Å². The molecule has 1 aliphatic carbocycles. The fourth-order valence-electron chi connectivity index (χ4n) is 9.13. The Balaban J connectivity index is 1.03. The zero-order valence-corrected chi connectivity index (χ0v) is 29.7. The molecule has 2 heteroatoms. The summed E-state index contributed by atoms with van der Waals surface area (Å²) in [7, 11) is 0. The fraction of sp³-hybridized carbons (Fsp3) is 0.0588. The topological polar surface area (TPSA) is 7.65 Å². The number of rotatable bonds is 5. The Hall–Kier alpha value is -6.64. The molecule has 10 aromatic rings. The summed E-state index contributed by atoms with van der Waals surface area (Å²) in [5, 5.41) is 5.23. The van der Waals surface area contributed by atoms with Crippen molar-refractivity contribution in [1.29, 1.82) is 0 Å². The molecule has 53 heavy (non-hydrogen) atoms. The number of nitrogens with zero attached hydrogens (tertiary/aromatic N) is 2. The third-order valence-electron chi connectivity index (χ3n) is 11.7. The first-order valence-corrected chi connectivity index (χ1v) is 18.5. The van der Waals surface area contributed by atoms with Gasteiger partial charge in [-0.05, 0) is 93.0 Å². The van der Waals surface area contributed by atoms with Gasteiger partial charge in [-0.15, -0.1) is 0 Å². The van der Waals surface area contributed by atoms with E-state index >= 15 is 0 Å². The van der Waals surface area contributed by atoms with E-state index in [1.807, 2.05) is 0 Å². The maximum absolute atomic E-state index is 2.46. The highest BCUT2D eigenvalue weighted by Crippen LogP contribution is 2.51. The Morgan fingerprint density at radius 2 is 0.925 bits per heavy atom. The lowest BCUT2D eigenvalue weighted by molar-refractivity contribution is 0.660. The second-order valence-corrected chi connectivity index (χ2v) is 15.0. The van der Waals surface area contributed by atoms with Crippen LogP contribution in [0.1, 0.15) is 25.0 Å². The van der Waals surface area contributed by atoms with E-state index < -0.39 is 0 Å². The number of para-hydroxylation sites is 2. The SMILES string of the molecule is CC1(C)c2ccccc2-c2ccc(N(c3ccc(-c4ccccc4)cc3)c3ccc(-c4ccc5c6cccc7c8ccccc8n(c5c4)c76)cc3)cc21. The van der Waals surface area contributed by atoms with Gasteiger partial charge in [0.05, 0.1) is 16.6 Å². The van der Waals surface area contributed by atoms with Gasteiger partial charge in [0.1, 0.15) is 0 Å². The van der Waals surface area contributed by atoms with Crippen LogP contribution in [0.25, 0.3) is 71.5 Å². The molecule has 2 heterocycles. The van der Waals surface area contributed by atoms with Crippen LogP contribution in [0.15, 0.2) is 182 Å². The van der Waals surface area contributed by atoms with Crippen molar-refractivity contribution in [3.63, 3.8) is 0 Å². The van der Waals surface area contributed by atoms with Crippen LogP contribution in [0.3, 0.4) is 0 Å². The van der Waals surface area contributed by atoms with Crippen LogP contribution in [-0.2, 0) is 5.41 Å². The van der Waals surface area contributed by atoms with Gasteiger partial charge in [0.15, 0.2) is 0 Å². The smallest absolute Gasteiger partial charge is 0.0620 e. The molecule has 0 spiro atoms. The quantitative estimate of drug-likeness (QED) is 0.176. The molecule has 0 amide bonds. The van der Waals surface area contributed by atoms with Crippen LogP contribution in [0.4, 0.5) is 17.1 Å². The maximum Gasteiger partial charge on any atom is 0.0620 e. The molecule has 0 radical (unpaired) electrons. The van der Waals surface area contributed by atoms with E-state index in [0.29, 0.717) is 0 Å². The van der Waals surface area contributed by atoms with Crippen molar-refractivity contribution in [3.05, 3.63) is 193 Å². The molecular formula is C51H36N2. The van der Waals surface area contributed by atoms with Gasteiger partial charge in [-0.3, -0.25) is 0 Å². The largest absolute Gasteiger partial charge is 0.310 e. The van der Waals surface area contributed by atoms with Crippen molar-refractivity contribution in [2.75, 3.05) is 4.90 Å². The number of aromatic nitrogens is 1. The molecule has 0 N–H and O–H groups in total. The van der Waals surface area contributed by atoms with Crippen LogP contribution in [-0.4, -0.2) is 4.40 Å². The monoisotopic (exact) mass is 676 g/mol. The van der Waals surface area contributed by atoms with E-state index in [2.05, 4.69) is 205 Å². The molecule has 0 aliphatic heterocycles. The van der Waals surface area contributed by atoms with Gasteiger partial charge >= 0.3 is 0 Å². The lowest BCUT2D eigenvalue weighted by atomic mass is 9.82. The number of hydrogen-bond acceptors (Lipinski definition) is 1. The summed E-state index contributed by atoms with van der Waals surface area (Å²) in [4.78, 5) is 2.40. The standard InChI is InChI=1S/C51H36N2/c1-51(2)46-17-8-6-13-40(46)41-30-28-39(32-47(41)51)52(37-24-19-34(20-25-37)33-11-4-3-5-12-33)38-26-21-35(22-27-38)36-23-29-43-45-16-10-15-44-42-14-7-9-18-48(42)53(50(44)45)49(43)31-36/h3-32H,1-2H3. The van der Waals surface area contributed by atoms with E-state index in [4.69, 9.17) is 0 Å². The Labute approximate surface area is 309 Å². The summed E-state index contributed by atoms with van der Waals surface area (Å²) in [5.74, 6) is 0. The predicted octanol–water partition coefficient (Wildman–Crippen LogP) is 13.9. The second-order valence-electron chi connectivity index (χ2n) is 15.0. The van der Waals surface area contributed by atoms with Crippen LogP contribution >= 0.6 is 0 Å². The third kappa shape index (κ3) is 4.39. The summed E-state index contributed by atoms with van der Waals surface area (Å²) in [6.07, 6.45) is 0. The molecular weight excluding hydrogens is 641 g/mol. The highest BCUT2D eigenvalue weighted by Gasteiger charge is 2.35. The Kier molecular flexibility index (Phi) is 6.33. The van der Waals surface area contributed by atoms with Crippen LogP contribution in [0.5, 0.6) is 0 Å². The summed E-state index contributed by atoms with van der Waals surface area (Å²) in [6, 6.07) is 67.0. The zero-order chi connectivity index (χ0) is 35.3. The van der Waals surface area contributed by atoms with Crippen LogP contribution in [0.2, 0.25) is 0 Å². The first-order chi connectivity index (χ1) is 26.0. The van der Waals surface area contributed by atoms with E-state index in [-0.39, 0.29) is 5.41 Å². The molecule has 0 unspecified atom stereocenters. The molecule has 2 nitrogen and oxygen atoms in total. The molecule has 2 aromatic heterocycles. The first kappa shape index (κ1) is 30.0. The fourth-order valence-corrected chi connectivity index (χ4v) is 9.13. The molecule has 0 saturated carbocycles. The van der Waals surface area contributed by atoms with Gasteiger partial charge in [0.25, 0.3) is 0 Å². The average molecular weight is 677 g/mol. The number of fused-ring (bicyclic) bond motifs is 9. The van der Waals surface area contributed by atoms with E-state index in [1.165, 1.54) is 82.6 Å². The summed E-state index contributed by atoms with van der Waals surface area (Å²) in [5.41, 5.74) is 17.4. The molecule has 0 fully saturated rings. The van der Waals surface area contributed by atoms with Crippen molar-refractivity contribution < 1.29 is 0 Å². The van der Waals surface area contributed by atoms with Gasteiger partial charge in [0, 0.05) is 44.0 Å². The van der Waals surface area contributed by atoms with Gasteiger partial charge in [0.2, 0.25) is 0 Å². The number of benzene rings is 8. The second kappa shape index (κ2) is 11.2. The third-order valence-corrected chi connectivity index (χ3v) is 11.7. The van der Waals surface area contributed by atoms with E-state index in [1.54, 1.807) is 0 Å². The van der Waals surface area contributed by atoms with Gasteiger partial charge in [-0.25, -0.2) is 0 Å². The Morgan fingerprint density at radius 3 is 1.68 bits per heavy atom. The Bertz CT molecular complexity index is 3000. The normalized spacial score (nSPS) is 13.2. The average Bonchev–Trinajstić information content (AvgIpc) is 3.81. The summed E-state index contributed by atoms with van der Waals surface area (Å²) in [6.45, 7) is 4.71. The number of anilines is 3. The minimum Gasteiger partial charge on any atom is -0.310 e. The van der Waals surface area contributed by atoms with Crippen molar-refractivity contribution in [2.24, 2.45) is 0 Å². The summed E-state index contributed by atoms with van der Waals surface area (Å²) >= 11 is 0. The van der Waals surface area contributed by atoms with Gasteiger partial charge in [-0.2, -0.15) is 0 Å². The predicted molar refractivity (Wildman–Crippen MR) is 224 cm³/mol. The van der Waals surface area contributed by atoms with Crippen LogP contribution in [0, 0.1) is 0 Å². The lowest BCUT2D eigenvalue weighted by Crippen LogP contribution is -2.16.